The second-order valence-corrected chi connectivity index (χ2v) is 3.88. The summed E-state index contributed by atoms with van der Waals surface area (Å²) >= 11 is 0. The number of hydrogen-bond acceptors (Lipinski definition) is 2. The third-order valence-electron chi connectivity index (χ3n) is 2.70. The van der Waals surface area contributed by atoms with Crippen molar-refractivity contribution in [3.63, 3.8) is 0 Å². The Bertz CT molecular complexity index is 572. The summed E-state index contributed by atoms with van der Waals surface area (Å²) in [5, 5.41) is 4.02. The minimum Gasteiger partial charge on any atom is -0.346 e. The summed E-state index contributed by atoms with van der Waals surface area (Å²) in [5.41, 5.74) is 1.07. The van der Waals surface area contributed by atoms with Crippen molar-refractivity contribution in [2.75, 3.05) is 13.1 Å². The van der Waals surface area contributed by atoms with Gasteiger partial charge in [-0.2, -0.15) is 0 Å². The fourth-order valence-corrected chi connectivity index (χ4v) is 1.86. The lowest BCUT2D eigenvalue weighted by Crippen LogP contribution is -2.20. The number of nitrogens with zero attached hydrogens (tertiary/aromatic N) is 1. The zero-order valence-corrected chi connectivity index (χ0v) is 9.73. The fraction of sp³-hybridized carbons (Fsp3) is 0.214. The molecule has 0 aliphatic rings. The van der Waals surface area contributed by atoms with Crippen LogP contribution in [-0.2, 0) is 6.54 Å². The average molecular weight is 228 g/mol. The molecule has 0 atom stereocenters. The first kappa shape index (κ1) is 11.6. The summed E-state index contributed by atoms with van der Waals surface area (Å²) in [5.74, 6) is 0. The first-order valence-corrected chi connectivity index (χ1v) is 5.73. The molecule has 1 aromatic heterocycles. The minimum atomic E-state index is 0.0795. The molecule has 0 bridgehead atoms. The van der Waals surface area contributed by atoms with Gasteiger partial charge in [0.15, 0.2) is 5.43 Å². The number of fused-ring (bicyclic) bond motifs is 1. The lowest BCUT2D eigenvalue weighted by atomic mass is 10.2. The van der Waals surface area contributed by atoms with E-state index in [2.05, 4.69) is 16.5 Å². The highest BCUT2D eigenvalue weighted by Crippen LogP contribution is 2.08. The molecule has 2 aromatic rings. The SMILES string of the molecule is C=CCNCCn1ccc(=O)c2ccccc21. The Balaban J connectivity index is 2.25. The predicted octanol–water partition coefficient (Wildman–Crippen LogP) is 1.78. The van der Waals surface area contributed by atoms with Gasteiger partial charge in [-0.15, -0.1) is 6.58 Å². The van der Waals surface area contributed by atoms with Crippen LogP contribution in [-0.4, -0.2) is 17.7 Å². The van der Waals surface area contributed by atoms with Crippen LogP contribution in [0.4, 0.5) is 0 Å². The third kappa shape index (κ3) is 2.63. The van der Waals surface area contributed by atoms with Crippen LogP contribution in [0.1, 0.15) is 0 Å². The highest BCUT2D eigenvalue weighted by atomic mass is 16.1. The van der Waals surface area contributed by atoms with Crippen LogP contribution in [0, 0.1) is 0 Å². The number of benzene rings is 1. The Kier molecular flexibility index (Phi) is 3.73. The summed E-state index contributed by atoms with van der Waals surface area (Å²) in [6.45, 7) is 6.16. The van der Waals surface area contributed by atoms with Crippen molar-refractivity contribution in [2.24, 2.45) is 0 Å². The molecule has 0 saturated carbocycles. The maximum absolute atomic E-state index is 11.7. The summed E-state index contributed by atoms with van der Waals surface area (Å²) in [6, 6.07) is 9.31. The van der Waals surface area contributed by atoms with Gasteiger partial charge in [0.1, 0.15) is 0 Å². The van der Waals surface area contributed by atoms with Gasteiger partial charge in [0.05, 0.1) is 5.52 Å². The Morgan fingerprint density at radius 1 is 1.29 bits per heavy atom. The van der Waals surface area contributed by atoms with Gasteiger partial charge in [-0.3, -0.25) is 4.79 Å². The quantitative estimate of drug-likeness (QED) is 0.625. The summed E-state index contributed by atoms with van der Waals surface area (Å²) in [7, 11) is 0. The molecule has 0 amide bonds. The standard InChI is InChI=1S/C14H16N2O/c1-2-8-15-9-11-16-10-7-14(17)12-5-3-4-6-13(12)16/h2-7,10,15H,1,8-9,11H2. The lowest BCUT2D eigenvalue weighted by molar-refractivity contribution is 0.637. The second kappa shape index (κ2) is 5.46. The third-order valence-corrected chi connectivity index (χ3v) is 2.70. The molecule has 17 heavy (non-hydrogen) atoms. The van der Waals surface area contributed by atoms with Crippen LogP contribution in [0.5, 0.6) is 0 Å². The zero-order chi connectivity index (χ0) is 12.1. The largest absolute Gasteiger partial charge is 0.346 e. The molecule has 0 radical (unpaired) electrons. The first-order valence-electron chi connectivity index (χ1n) is 5.73. The molecule has 0 saturated heterocycles. The van der Waals surface area contributed by atoms with Crippen molar-refractivity contribution in [3.8, 4) is 0 Å². The number of para-hydroxylation sites is 1. The number of hydrogen-bond donors (Lipinski definition) is 1. The van der Waals surface area contributed by atoms with E-state index in [9.17, 15) is 4.79 Å². The molecule has 0 fully saturated rings. The molecular formula is C14H16N2O. The monoisotopic (exact) mass is 228 g/mol. The van der Waals surface area contributed by atoms with E-state index in [0.717, 1.165) is 30.5 Å². The van der Waals surface area contributed by atoms with Gasteiger partial charge >= 0.3 is 0 Å². The van der Waals surface area contributed by atoms with Gasteiger partial charge in [0.2, 0.25) is 0 Å². The van der Waals surface area contributed by atoms with Crippen LogP contribution in [0.25, 0.3) is 10.9 Å². The van der Waals surface area contributed by atoms with E-state index in [0.29, 0.717) is 0 Å². The van der Waals surface area contributed by atoms with Crippen molar-refractivity contribution in [2.45, 2.75) is 6.54 Å². The van der Waals surface area contributed by atoms with E-state index in [1.165, 1.54) is 0 Å². The molecule has 3 heteroatoms. The van der Waals surface area contributed by atoms with Crippen LogP contribution in [0.3, 0.4) is 0 Å². The van der Waals surface area contributed by atoms with Gasteiger partial charge in [-0.1, -0.05) is 18.2 Å². The molecule has 0 aliphatic carbocycles. The van der Waals surface area contributed by atoms with Crippen molar-refractivity contribution in [1.29, 1.82) is 0 Å². The van der Waals surface area contributed by atoms with E-state index < -0.39 is 0 Å². The summed E-state index contributed by atoms with van der Waals surface area (Å²) < 4.78 is 2.09. The van der Waals surface area contributed by atoms with E-state index in [-0.39, 0.29) is 5.43 Å². The Hall–Kier alpha value is -1.87. The van der Waals surface area contributed by atoms with Crippen molar-refractivity contribution in [3.05, 3.63) is 59.4 Å². The molecule has 0 spiro atoms. The molecule has 1 aromatic carbocycles. The van der Waals surface area contributed by atoms with Crippen LogP contribution in [0.15, 0.2) is 54.0 Å². The Morgan fingerprint density at radius 3 is 2.94 bits per heavy atom. The molecule has 1 heterocycles. The predicted molar refractivity (Wildman–Crippen MR) is 71.3 cm³/mol. The Morgan fingerprint density at radius 2 is 2.12 bits per heavy atom. The van der Waals surface area contributed by atoms with Crippen molar-refractivity contribution >= 4 is 10.9 Å². The molecular weight excluding hydrogens is 212 g/mol. The molecule has 2 rings (SSSR count). The van der Waals surface area contributed by atoms with E-state index in [1.807, 2.05) is 36.5 Å². The number of aromatic nitrogens is 1. The van der Waals surface area contributed by atoms with Gasteiger partial charge in [-0.25, -0.2) is 0 Å². The maximum atomic E-state index is 11.7. The minimum absolute atomic E-state index is 0.0795. The fourth-order valence-electron chi connectivity index (χ4n) is 1.86. The lowest BCUT2D eigenvalue weighted by Gasteiger charge is -2.10. The zero-order valence-electron chi connectivity index (χ0n) is 9.73. The normalized spacial score (nSPS) is 10.6. The number of nitrogens with one attached hydrogen (secondary N) is 1. The molecule has 0 unspecified atom stereocenters. The second-order valence-electron chi connectivity index (χ2n) is 3.88. The van der Waals surface area contributed by atoms with Crippen LogP contribution >= 0.6 is 0 Å². The average Bonchev–Trinajstić information content (AvgIpc) is 2.37. The summed E-state index contributed by atoms with van der Waals surface area (Å²) in [6.07, 6.45) is 3.68. The highest BCUT2D eigenvalue weighted by Gasteiger charge is 2.00. The smallest absolute Gasteiger partial charge is 0.189 e. The van der Waals surface area contributed by atoms with E-state index >= 15 is 0 Å². The van der Waals surface area contributed by atoms with Gasteiger partial charge in [0, 0.05) is 37.3 Å². The van der Waals surface area contributed by atoms with Crippen molar-refractivity contribution < 1.29 is 0 Å². The first-order chi connectivity index (χ1) is 8.33. The highest BCUT2D eigenvalue weighted by molar-refractivity contribution is 5.78. The van der Waals surface area contributed by atoms with Crippen molar-refractivity contribution in [1.82, 2.24) is 9.88 Å². The Labute approximate surface area is 100 Å². The van der Waals surface area contributed by atoms with Gasteiger partial charge in [0.25, 0.3) is 0 Å². The molecule has 1 N–H and O–H groups in total. The number of rotatable bonds is 5. The van der Waals surface area contributed by atoms with E-state index in [1.54, 1.807) is 6.07 Å². The molecule has 88 valence electrons. The van der Waals surface area contributed by atoms with Gasteiger partial charge in [-0.05, 0) is 12.1 Å². The van der Waals surface area contributed by atoms with Crippen LogP contribution in [0.2, 0.25) is 0 Å². The maximum Gasteiger partial charge on any atom is 0.189 e. The van der Waals surface area contributed by atoms with Crippen LogP contribution < -0.4 is 10.7 Å². The van der Waals surface area contributed by atoms with E-state index in [4.69, 9.17) is 0 Å². The topological polar surface area (TPSA) is 34.0 Å². The summed E-state index contributed by atoms with van der Waals surface area (Å²) in [4.78, 5) is 11.7. The number of pyridine rings is 1. The molecule has 3 nitrogen and oxygen atoms in total. The van der Waals surface area contributed by atoms with Gasteiger partial charge < -0.3 is 9.88 Å². The molecule has 0 aliphatic heterocycles.